The quantitative estimate of drug-likeness (QED) is 0.238. The second-order valence-corrected chi connectivity index (χ2v) is 10.9. The van der Waals surface area contributed by atoms with Crippen LogP contribution in [0.25, 0.3) is 10.9 Å². The fourth-order valence-electron chi connectivity index (χ4n) is 4.82. The lowest BCUT2D eigenvalue weighted by molar-refractivity contribution is -0.117. The molecule has 5 rings (SSSR count). The maximum Gasteiger partial charge on any atom is 0.407 e. The molecule has 218 valence electrons. The Hall–Kier alpha value is -4.86. The average molecular weight is 572 g/mol. The van der Waals surface area contributed by atoms with Gasteiger partial charge in [-0.15, -0.1) is 0 Å². The normalized spacial score (nSPS) is 13.3. The highest BCUT2D eigenvalue weighted by atomic mass is 19.1. The van der Waals surface area contributed by atoms with Gasteiger partial charge in [0.1, 0.15) is 23.7 Å². The first-order valence-electron chi connectivity index (χ1n) is 13.7. The van der Waals surface area contributed by atoms with Gasteiger partial charge in [-0.05, 0) is 62.7 Å². The highest BCUT2D eigenvalue weighted by Crippen LogP contribution is 2.36. The molecule has 10 heteroatoms. The lowest BCUT2D eigenvalue weighted by atomic mass is 10.0. The summed E-state index contributed by atoms with van der Waals surface area (Å²) in [6.07, 6.45) is -0.512. The van der Waals surface area contributed by atoms with Crippen LogP contribution in [0.3, 0.4) is 0 Å². The van der Waals surface area contributed by atoms with Gasteiger partial charge in [0.25, 0.3) is 0 Å². The molecular formula is C32H34FN5O4. The maximum atomic E-state index is 15.6. The summed E-state index contributed by atoms with van der Waals surface area (Å²) in [5.74, 6) is 0.0505. The van der Waals surface area contributed by atoms with Crippen molar-refractivity contribution in [3.8, 4) is 5.75 Å². The van der Waals surface area contributed by atoms with Crippen molar-refractivity contribution in [3.05, 3.63) is 89.4 Å². The Morgan fingerprint density at radius 2 is 1.83 bits per heavy atom. The Labute approximate surface area is 243 Å². The molecule has 0 saturated carbocycles. The van der Waals surface area contributed by atoms with Crippen molar-refractivity contribution in [2.45, 2.75) is 32.9 Å². The van der Waals surface area contributed by atoms with Crippen LogP contribution in [0.5, 0.6) is 5.75 Å². The molecule has 1 aliphatic rings. The Kier molecular flexibility index (Phi) is 8.15. The molecule has 0 fully saturated rings. The highest BCUT2D eigenvalue weighted by Gasteiger charge is 2.30. The van der Waals surface area contributed by atoms with Crippen molar-refractivity contribution < 1.29 is 23.5 Å². The number of carbonyl (C=O) groups excluding carboxylic acids is 2. The van der Waals surface area contributed by atoms with Crippen LogP contribution in [0, 0.1) is 5.82 Å². The first-order chi connectivity index (χ1) is 20.1. The van der Waals surface area contributed by atoms with E-state index >= 15 is 4.39 Å². The van der Waals surface area contributed by atoms with Crippen molar-refractivity contribution in [3.63, 3.8) is 0 Å². The second kappa shape index (κ2) is 11.9. The molecule has 0 bridgehead atoms. The van der Waals surface area contributed by atoms with Crippen LogP contribution in [0.1, 0.15) is 37.6 Å². The van der Waals surface area contributed by atoms with E-state index in [2.05, 4.69) is 20.6 Å². The van der Waals surface area contributed by atoms with E-state index < -0.39 is 17.5 Å². The molecule has 0 radical (unpaired) electrons. The van der Waals surface area contributed by atoms with Gasteiger partial charge in [0.2, 0.25) is 5.91 Å². The number of ether oxygens (including phenoxy) is 2. The van der Waals surface area contributed by atoms with Gasteiger partial charge in [-0.3, -0.25) is 9.79 Å². The number of hydrogen-bond donors (Lipinski definition) is 3. The summed E-state index contributed by atoms with van der Waals surface area (Å²) in [5, 5.41) is 6.62. The number of alkyl carbamates (subject to hydrolysis) is 1. The van der Waals surface area contributed by atoms with Gasteiger partial charge in [0.15, 0.2) is 0 Å². The number of aliphatic imine (C=N–C) groups is 1. The van der Waals surface area contributed by atoms with Gasteiger partial charge < -0.3 is 30.0 Å². The monoisotopic (exact) mass is 571 g/mol. The first kappa shape index (κ1) is 28.7. The topological polar surface area (TPSA) is 108 Å². The fraction of sp³-hybridized carbons (Fsp3) is 0.281. The van der Waals surface area contributed by atoms with Crippen molar-refractivity contribution in [1.82, 2.24) is 10.3 Å². The molecular weight excluding hydrogens is 537 g/mol. The van der Waals surface area contributed by atoms with Crippen molar-refractivity contribution in [1.29, 1.82) is 0 Å². The van der Waals surface area contributed by atoms with Gasteiger partial charge >= 0.3 is 6.09 Å². The number of hydrogen-bond acceptors (Lipinski definition) is 6. The zero-order chi connectivity index (χ0) is 29.9. The number of anilines is 2. The molecule has 42 heavy (non-hydrogen) atoms. The zero-order valence-corrected chi connectivity index (χ0v) is 24.1. The number of benzene rings is 3. The van der Waals surface area contributed by atoms with Crippen LogP contribution in [-0.4, -0.2) is 55.0 Å². The lowest BCUT2D eigenvalue weighted by Gasteiger charge is -2.22. The number of rotatable bonds is 8. The molecule has 0 atom stereocenters. The number of nitrogens with zero attached hydrogens (tertiary/aromatic N) is 2. The number of aromatic nitrogens is 1. The van der Waals surface area contributed by atoms with Crippen LogP contribution in [0.2, 0.25) is 0 Å². The predicted molar refractivity (Wildman–Crippen MR) is 162 cm³/mol. The second-order valence-electron chi connectivity index (χ2n) is 10.9. The minimum atomic E-state index is -0.584. The van der Waals surface area contributed by atoms with E-state index in [1.54, 1.807) is 44.9 Å². The summed E-state index contributed by atoms with van der Waals surface area (Å²) in [5.41, 5.74) is 3.60. The van der Waals surface area contributed by atoms with E-state index in [1.807, 2.05) is 48.5 Å². The molecule has 0 unspecified atom stereocenters. The summed E-state index contributed by atoms with van der Waals surface area (Å²) in [6.45, 7) is 6.25. The van der Waals surface area contributed by atoms with E-state index in [0.717, 1.165) is 22.2 Å². The third-order valence-corrected chi connectivity index (χ3v) is 6.71. The predicted octanol–water partition coefficient (Wildman–Crippen LogP) is 5.64. The number of nitrogens with one attached hydrogen (secondary N) is 3. The molecule has 1 aliphatic heterocycles. The summed E-state index contributed by atoms with van der Waals surface area (Å²) < 4.78 is 26.1. The Morgan fingerprint density at radius 3 is 2.55 bits per heavy atom. The largest absolute Gasteiger partial charge is 0.497 e. The van der Waals surface area contributed by atoms with E-state index in [0.29, 0.717) is 42.4 Å². The smallest absolute Gasteiger partial charge is 0.407 e. The van der Waals surface area contributed by atoms with Crippen LogP contribution < -0.4 is 20.3 Å². The standard InChI is InChI=1S/C32H34FN5O4/c1-32(2,3)42-31(40)35-16-15-34-21-11-14-23(25(33)17-21)28-29-30(24-7-5-6-8-26(24)37-29)38(27(39)18-36-28)19-20-9-12-22(41-4)13-10-20/h5-14,17,34,37H,15-16,18-19H2,1-4H3,(H,35,40). The van der Waals surface area contributed by atoms with Gasteiger partial charge in [-0.25, -0.2) is 9.18 Å². The van der Waals surface area contributed by atoms with Crippen molar-refractivity contribution >= 4 is 40.0 Å². The van der Waals surface area contributed by atoms with Gasteiger partial charge in [0, 0.05) is 35.2 Å². The number of methoxy groups -OCH3 is 1. The molecule has 3 N–H and O–H groups in total. The fourth-order valence-corrected chi connectivity index (χ4v) is 4.82. The Balaban J connectivity index is 1.40. The molecule has 0 aliphatic carbocycles. The average Bonchev–Trinajstić information content (AvgIpc) is 3.27. The molecule has 4 aromatic rings. The number of halogens is 1. The van der Waals surface area contributed by atoms with Gasteiger partial charge in [-0.1, -0.05) is 30.3 Å². The van der Waals surface area contributed by atoms with Crippen LogP contribution in [0.4, 0.5) is 20.6 Å². The first-order valence-corrected chi connectivity index (χ1v) is 13.7. The lowest BCUT2D eigenvalue weighted by Crippen LogP contribution is -2.35. The van der Waals surface area contributed by atoms with Gasteiger partial charge in [0.05, 0.1) is 30.7 Å². The summed E-state index contributed by atoms with van der Waals surface area (Å²) in [4.78, 5) is 35.0. The summed E-state index contributed by atoms with van der Waals surface area (Å²) in [6, 6.07) is 20.0. The number of fused-ring (bicyclic) bond motifs is 3. The van der Waals surface area contributed by atoms with E-state index in [4.69, 9.17) is 9.47 Å². The van der Waals surface area contributed by atoms with E-state index in [9.17, 15) is 9.59 Å². The van der Waals surface area contributed by atoms with Crippen LogP contribution in [0.15, 0.2) is 71.7 Å². The molecule has 0 spiro atoms. The molecule has 1 aromatic heterocycles. The Bertz CT molecular complexity index is 1640. The molecule has 3 aromatic carbocycles. The van der Waals surface area contributed by atoms with E-state index in [1.165, 1.54) is 6.07 Å². The number of aromatic amines is 1. The minimum absolute atomic E-state index is 0.127. The highest BCUT2D eigenvalue weighted by molar-refractivity contribution is 6.23. The number of carbonyl (C=O) groups is 2. The molecule has 2 amide bonds. The SMILES string of the molecule is COc1ccc(CN2C(=O)CN=C(c3ccc(NCCNC(=O)OC(C)(C)C)cc3F)c3[nH]c4ccccc4c32)cc1. The molecule has 9 nitrogen and oxygen atoms in total. The summed E-state index contributed by atoms with van der Waals surface area (Å²) >= 11 is 0. The van der Waals surface area contributed by atoms with Crippen molar-refractivity contribution in [2.24, 2.45) is 4.99 Å². The van der Waals surface area contributed by atoms with Crippen molar-refractivity contribution in [2.75, 3.05) is 37.0 Å². The van der Waals surface area contributed by atoms with Crippen LogP contribution >= 0.6 is 0 Å². The number of H-pyrrole nitrogens is 1. The molecule has 2 heterocycles. The number of amides is 2. The summed E-state index contributed by atoms with van der Waals surface area (Å²) in [7, 11) is 1.61. The van der Waals surface area contributed by atoms with Crippen LogP contribution in [-0.2, 0) is 16.1 Å². The third-order valence-electron chi connectivity index (χ3n) is 6.71. The maximum absolute atomic E-state index is 15.6. The van der Waals surface area contributed by atoms with E-state index in [-0.39, 0.29) is 18.0 Å². The third kappa shape index (κ3) is 6.38. The minimum Gasteiger partial charge on any atom is -0.497 e. The zero-order valence-electron chi connectivity index (χ0n) is 24.1. The number of para-hydroxylation sites is 1. The Morgan fingerprint density at radius 1 is 1.07 bits per heavy atom. The molecule has 0 saturated heterocycles. The van der Waals surface area contributed by atoms with Gasteiger partial charge in [-0.2, -0.15) is 0 Å².